The Labute approximate surface area is 127 Å². The number of carbonyl (C=O) groups is 1. The van der Waals surface area contributed by atoms with Gasteiger partial charge in [-0.15, -0.1) is 0 Å². The molecule has 0 aliphatic carbocycles. The Kier molecular flexibility index (Phi) is 4.58. The number of carbonyl (C=O) groups excluding carboxylic acids is 1. The molecule has 0 aliphatic heterocycles. The van der Waals surface area contributed by atoms with Gasteiger partial charge in [-0.3, -0.25) is 4.79 Å². The van der Waals surface area contributed by atoms with E-state index in [9.17, 15) is 4.79 Å². The van der Waals surface area contributed by atoms with E-state index in [1.165, 1.54) is 5.56 Å². The molecule has 2 rings (SSSR count). The average molecular weight is 365 g/mol. The van der Waals surface area contributed by atoms with Crippen LogP contribution < -0.4 is 5.32 Å². The number of amides is 1. The van der Waals surface area contributed by atoms with E-state index in [4.69, 9.17) is 0 Å². The molecule has 0 saturated heterocycles. The van der Waals surface area contributed by atoms with E-state index in [0.717, 1.165) is 14.7 Å². The Morgan fingerprint density at radius 1 is 1.11 bits per heavy atom. The summed E-state index contributed by atoms with van der Waals surface area (Å²) >= 11 is 2.18. The lowest BCUT2D eigenvalue weighted by Crippen LogP contribution is -2.27. The van der Waals surface area contributed by atoms with Gasteiger partial charge in [-0.05, 0) is 54.1 Å². The standard InChI is InChI=1S/C16H16INO/c1-11-7-9-13(10-8-11)12(2)18-16(19)14-5-3-4-6-15(14)17/h3-10,12H,1-2H3,(H,18,19)/t12-/m1/s1. The van der Waals surface area contributed by atoms with Gasteiger partial charge in [-0.2, -0.15) is 0 Å². The van der Waals surface area contributed by atoms with Crippen molar-refractivity contribution in [1.29, 1.82) is 0 Å². The summed E-state index contributed by atoms with van der Waals surface area (Å²) in [7, 11) is 0. The van der Waals surface area contributed by atoms with Crippen LogP contribution in [0.25, 0.3) is 0 Å². The van der Waals surface area contributed by atoms with E-state index < -0.39 is 0 Å². The Morgan fingerprint density at radius 2 is 1.74 bits per heavy atom. The molecule has 1 amide bonds. The molecule has 0 heterocycles. The van der Waals surface area contributed by atoms with E-state index in [0.29, 0.717) is 0 Å². The van der Waals surface area contributed by atoms with Crippen LogP contribution in [0.4, 0.5) is 0 Å². The second-order valence-corrected chi connectivity index (χ2v) is 5.75. The normalized spacial score (nSPS) is 11.9. The molecule has 0 saturated carbocycles. The zero-order valence-corrected chi connectivity index (χ0v) is 13.1. The second kappa shape index (κ2) is 6.19. The number of hydrogen-bond acceptors (Lipinski definition) is 1. The van der Waals surface area contributed by atoms with E-state index in [1.54, 1.807) is 0 Å². The third kappa shape index (κ3) is 3.56. The molecule has 0 aliphatic rings. The monoisotopic (exact) mass is 365 g/mol. The van der Waals surface area contributed by atoms with Crippen LogP contribution in [-0.4, -0.2) is 5.91 Å². The number of halogens is 1. The summed E-state index contributed by atoms with van der Waals surface area (Å²) < 4.78 is 0.966. The van der Waals surface area contributed by atoms with Gasteiger partial charge >= 0.3 is 0 Å². The molecule has 0 radical (unpaired) electrons. The molecule has 1 N–H and O–H groups in total. The van der Waals surface area contributed by atoms with Crippen LogP contribution in [0.15, 0.2) is 48.5 Å². The Balaban J connectivity index is 2.11. The van der Waals surface area contributed by atoms with Gasteiger partial charge in [-0.1, -0.05) is 42.0 Å². The van der Waals surface area contributed by atoms with Gasteiger partial charge in [0.15, 0.2) is 0 Å². The highest BCUT2D eigenvalue weighted by Gasteiger charge is 2.13. The van der Waals surface area contributed by atoms with Crippen molar-refractivity contribution in [2.24, 2.45) is 0 Å². The summed E-state index contributed by atoms with van der Waals surface area (Å²) in [5.41, 5.74) is 3.06. The molecule has 2 aromatic carbocycles. The highest BCUT2D eigenvalue weighted by atomic mass is 127. The van der Waals surface area contributed by atoms with Crippen LogP contribution in [0.5, 0.6) is 0 Å². The molecule has 98 valence electrons. The van der Waals surface area contributed by atoms with E-state index in [1.807, 2.05) is 31.2 Å². The number of nitrogens with one attached hydrogen (secondary N) is 1. The molecule has 2 aromatic rings. The van der Waals surface area contributed by atoms with Crippen molar-refractivity contribution in [2.45, 2.75) is 19.9 Å². The lowest BCUT2D eigenvalue weighted by atomic mass is 10.1. The smallest absolute Gasteiger partial charge is 0.252 e. The van der Waals surface area contributed by atoms with E-state index in [-0.39, 0.29) is 11.9 Å². The SMILES string of the molecule is Cc1ccc([C@@H](C)NC(=O)c2ccccc2I)cc1. The van der Waals surface area contributed by atoms with Crippen molar-refractivity contribution >= 4 is 28.5 Å². The summed E-state index contributed by atoms with van der Waals surface area (Å²) in [5, 5.41) is 3.03. The molecule has 2 nitrogen and oxygen atoms in total. The minimum Gasteiger partial charge on any atom is -0.345 e. The summed E-state index contributed by atoms with van der Waals surface area (Å²) in [6.45, 7) is 4.05. The van der Waals surface area contributed by atoms with Crippen LogP contribution >= 0.6 is 22.6 Å². The van der Waals surface area contributed by atoms with Crippen molar-refractivity contribution in [1.82, 2.24) is 5.32 Å². The van der Waals surface area contributed by atoms with Crippen molar-refractivity contribution in [3.8, 4) is 0 Å². The zero-order valence-electron chi connectivity index (χ0n) is 11.0. The van der Waals surface area contributed by atoms with Crippen molar-refractivity contribution < 1.29 is 4.79 Å². The van der Waals surface area contributed by atoms with Crippen LogP contribution in [0.3, 0.4) is 0 Å². The first-order valence-electron chi connectivity index (χ1n) is 6.20. The Morgan fingerprint density at radius 3 is 2.37 bits per heavy atom. The third-order valence-electron chi connectivity index (χ3n) is 3.04. The molecule has 0 aromatic heterocycles. The highest BCUT2D eigenvalue weighted by molar-refractivity contribution is 14.1. The van der Waals surface area contributed by atoms with Crippen LogP contribution in [0, 0.1) is 10.5 Å². The molecule has 19 heavy (non-hydrogen) atoms. The van der Waals surface area contributed by atoms with Gasteiger partial charge in [0.05, 0.1) is 11.6 Å². The number of aryl methyl sites for hydroxylation is 1. The largest absolute Gasteiger partial charge is 0.345 e. The third-order valence-corrected chi connectivity index (χ3v) is 3.98. The fourth-order valence-corrected chi connectivity index (χ4v) is 2.49. The van der Waals surface area contributed by atoms with Crippen LogP contribution in [0.2, 0.25) is 0 Å². The predicted octanol–water partition coefficient (Wildman–Crippen LogP) is 4.09. The summed E-state index contributed by atoms with van der Waals surface area (Å²) in [5.74, 6) is -0.0296. The fraction of sp³-hybridized carbons (Fsp3) is 0.188. The number of rotatable bonds is 3. The zero-order chi connectivity index (χ0) is 13.8. The summed E-state index contributed by atoms with van der Waals surface area (Å²) in [6, 6.07) is 15.8. The van der Waals surface area contributed by atoms with Crippen molar-refractivity contribution in [3.05, 3.63) is 68.8 Å². The first kappa shape index (κ1) is 14.1. The molecular weight excluding hydrogens is 349 g/mol. The lowest BCUT2D eigenvalue weighted by Gasteiger charge is -2.15. The van der Waals surface area contributed by atoms with Crippen LogP contribution in [0.1, 0.15) is 34.5 Å². The quantitative estimate of drug-likeness (QED) is 0.816. The maximum absolute atomic E-state index is 12.2. The number of benzene rings is 2. The summed E-state index contributed by atoms with van der Waals surface area (Å²) in [6.07, 6.45) is 0. The molecule has 0 unspecified atom stereocenters. The van der Waals surface area contributed by atoms with E-state index in [2.05, 4.69) is 59.1 Å². The predicted molar refractivity (Wildman–Crippen MR) is 86.2 cm³/mol. The van der Waals surface area contributed by atoms with Gasteiger partial charge in [0.25, 0.3) is 5.91 Å². The van der Waals surface area contributed by atoms with Crippen LogP contribution in [-0.2, 0) is 0 Å². The van der Waals surface area contributed by atoms with Gasteiger partial charge in [0, 0.05) is 3.57 Å². The van der Waals surface area contributed by atoms with Crippen molar-refractivity contribution in [3.63, 3.8) is 0 Å². The average Bonchev–Trinajstić information content (AvgIpc) is 2.39. The second-order valence-electron chi connectivity index (χ2n) is 4.59. The van der Waals surface area contributed by atoms with Crippen molar-refractivity contribution in [2.75, 3.05) is 0 Å². The summed E-state index contributed by atoms with van der Waals surface area (Å²) in [4.78, 5) is 12.2. The maximum atomic E-state index is 12.2. The molecule has 1 atom stereocenters. The lowest BCUT2D eigenvalue weighted by molar-refractivity contribution is 0.0939. The molecule has 3 heteroatoms. The van der Waals surface area contributed by atoms with Gasteiger partial charge in [0.2, 0.25) is 0 Å². The van der Waals surface area contributed by atoms with Gasteiger partial charge in [0.1, 0.15) is 0 Å². The molecular formula is C16H16INO. The molecule has 0 spiro atoms. The Hall–Kier alpha value is -1.36. The number of hydrogen-bond donors (Lipinski definition) is 1. The maximum Gasteiger partial charge on any atom is 0.252 e. The first-order chi connectivity index (χ1) is 9.08. The minimum atomic E-state index is -0.0296. The minimum absolute atomic E-state index is 0.00380. The highest BCUT2D eigenvalue weighted by Crippen LogP contribution is 2.16. The molecule has 0 bridgehead atoms. The Bertz CT molecular complexity index is 578. The first-order valence-corrected chi connectivity index (χ1v) is 7.28. The fourth-order valence-electron chi connectivity index (χ4n) is 1.86. The van der Waals surface area contributed by atoms with Gasteiger partial charge in [-0.25, -0.2) is 0 Å². The topological polar surface area (TPSA) is 29.1 Å². The van der Waals surface area contributed by atoms with Gasteiger partial charge < -0.3 is 5.32 Å². The molecule has 0 fully saturated rings. The van der Waals surface area contributed by atoms with E-state index >= 15 is 0 Å².